The van der Waals surface area contributed by atoms with Gasteiger partial charge in [-0.3, -0.25) is 4.79 Å². The zero-order valence-corrected chi connectivity index (χ0v) is 16.4. The summed E-state index contributed by atoms with van der Waals surface area (Å²) in [5.41, 5.74) is 3.33. The van der Waals surface area contributed by atoms with Gasteiger partial charge in [0.05, 0.1) is 12.3 Å². The molecule has 1 aliphatic rings. The highest BCUT2D eigenvalue weighted by atomic mass is 79.9. The molecule has 0 saturated heterocycles. The Bertz CT molecular complexity index is 798. The van der Waals surface area contributed by atoms with Gasteiger partial charge in [0.25, 0.3) is 5.91 Å². The molecule has 2 aromatic rings. The minimum Gasteiger partial charge on any atom is -0.494 e. The third-order valence-electron chi connectivity index (χ3n) is 3.79. The average Bonchev–Trinajstić information content (AvgIpc) is 2.86. The van der Waals surface area contributed by atoms with Crippen molar-refractivity contribution in [1.29, 1.82) is 0 Å². The van der Waals surface area contributed by atoms with Crippen LogP contribution >= 0.6 is 31.9 Å². The van der Waals surface area contributed by atoms with E-state index in [1.807, 2.05) is 42.5 Å². The maximum absolute atomic E-state index is 12.3. The fraction of sp³-hybridized carbons (Fsp3) is 0.211. The Kier molecular flexibility index (Phi) is 5.41. The van der Waals surface area contributed by atoms with Crippen LogP contribution in [-0.4, -0.2) is 12.5 Å². The molecule has 124 valence electrons. The predicted octanol–water partition coefficient (Wildman–Crippen LogP) is 5.88. The van der Waals surface area contributed by atoms with Crippen molar-refractivity contribution in [2.75, 3.05) is 11.9 Å². The van der Waals surface area contributed by atoms with Crippen molar-refractivity contribution in [3.63, 3.8) is 0 Å². The van der Waals surface area contributed by atoms with E-state index >= 15 is 0 Å². The maximum atomic E-state index is 12.3. The van der Waals surface area contributed by atoms with Gasteiger partial charge in [-0.15, -0.1) is 0 Å². The summed E-state index contributed by atoms with van der Waals surface area (Å²) in [7, 11) is 0. The minimum atomic E-state index is -0.0907. The zero-order chi connectivity index (χ0) is 17.1. The average molecular weight is 451 g/mol. The molecule has 0 bridgehead atoms. The molecule has 0 spiro atoms. The molecule has 24 heavy (non-hydrogen) atoms. The highest BCUT2D eigenvalue weighted by Crippen LogP contribution is 2.40. The number of benzene rings is 2. The molecule has 1 aliphatic heterocycles. The first kappa shape index (κ1) is 17.2. The number of carbonyl (C=O) groups is 1. The van der Waals surface area contributed by atoms with Crippen molar-refractivity contribution in [3.8, 4) is 5.75 Å². The summed E-state index contributed by atoms with van der Waals surface area (Å²) in [5, 5.41) is 2.91. The van der Waals surface area contributed by atoms with Gasteiger partial charge in [0, 0.05) is 20.1 Å². The van der Waals surface area contributed by atoms with E-state index in [1.54, 1.807) is 0 Å². The van der Waals surface area contributed by atoms with Gasteiger partial charge in [-0.05, 0) is 58.3 Å². The molecular weight excluding hydrogens is 434 g/mol. The van der Waals surface area contributed by atoms with Crippen LogP contribution < -0.4 is 10.1 Å². The van der Waals surface area contributed by atoms with Gasteiger partial charge >= 0.3 is 0 Å². The maximum Gasteiger partial charge on any atom is 0.256 e. The van der Waals surface area contributed by atoms with Crippen LogP contribution in [0.25, 0.3) is 11.6 Å². The summed E-state index contributed by atoms with van der Waals surface area (Å²) < 4.78 is 7.46. The molecule has 0 fully saturated rings. The first-order valence-corrected chi connectivity index (χ1v) is 9.42. The highest BCUT2D eigenvalue weighted by Gasteiger charge is 2.26. The van der Waals surface area contributed by atoms with Crippen molar-refractivity contribution in [3.05, 3.63) is 56.5 Å². The Morgan fingerprint density at radius 1 is 1.17 bits per heavy atom. The molecule has 2 aromatic carbocycles. The molecule has 3 nitrogen and oxygen atoms in total. The SMILES string of the molecule is CCCCOc1ccc(C=C2C(=O)Nc3c(Br)cc(Br)cc32)cc1. The summed E-state index contributed by atoms with van der Waals surface area (Å²) in [4.78, 5) is 12.3. The van der Waals surface area contributed by atoms with Crippen LogP contribution in [0.4, 0.5) is 5.69 Å². The van der Waals surface area contributed by atoms with Gasteiger partial charge in [0.2, 0.25) is 0 Å². The van der Waals surface area contributed by atoms with E-state index in [0.717, 1.165) is 51.0 Å². The predicted molar refractivity (Wildman–Crippen MR) is 105 cm³/mol. The van der Waals surface area contributed by atoms with Gasteiger partial charge in [0.1, 0.15) is 5.75 Å². The fourth-order valence-electron chi connectivity index (χ4n) is 2.52. The molecule has 1 amide bonds. The van der Waals surface area contributed by atoms with Crippen LogP contribution in [0.5, 0.6) is 5.75 Å². The normalized spacial score (nSPS) is 14.6. The van der Waals surface area contributed by atoms with Crippen molar-refractivity contribution >= 4 is 55.1 Å². The number of hydrogen-bond donors (Lipinski definition) is 1. The second-order valence-electron chi connectivity index (χ2n) is 5.59. The van der Waals surface area contributed by atoms with Crippen LogP contribution in [0.15, 0.2) is 45.3 Å². The minimum absolute atomic E-state index is 0.0907. The standard InChI is InChI=1S/C19H17Br2NO2/c1-2-3-8-24-14-6-4-12(5-7-14)9-16-15-10-13(20)11-17(21)18(15)22-19(16)23/h4-7,9-11H,2-3,8H2,1H3,(H,22,23). The summed E-state index contributed by atoms with van der Waals surface area (Å²) in [6, 6.07) is 11.7. The molecule has 3 rings (SSSR count). The van der Waals surface area contributed by atoms with Crippen molar-refractivity contribution in [1.82, 2.24) is 0 Å². The third-order valence-corrected chi connectivity index (χ3v) is 4.87. The molecule has 5 heteroatoms. The summed E-state index contributed by atoms with van der Waals surface area (Å²) in [6.45, 7) is 2.87. The second-order valence-corrected chi connectivity index (χ2v) is 7.36. The Balaban J connectivity index is 1.86. The highest BCUT2D eigenvalue weighted by molar-refractivity contribution is 9.11. The number of nitrogens with one attached hydrogen (secondary N) is 1. The van der Waals surface area contributed by atoms with E-state index in [0.29, 0.717) is 5.57 Å². The number of unbranched alkanes of at least 4 members (excludes halogenated alkanes) is 1. The zero-order valence-electron chi connectivity index (χ0n) is 13.2. The van der Waals surface area contributed by atoms with E-state index in [1.165, 1.54) is 0 Å². The second kappa shape index (κ2) is 7.53. The Labute approximate surface area is 158 Å². The lowest BCUT2D eigenvalue weighted by molar-refractivity contribution is -0.110. The van der Waals surface area contributed by atoms with Crippen LogP contribution in [0, 0.1) is 0 Å². The fourth-order valence-corrected chi connectivity index (χ4v) is 3.85. The van der Waals surface area contributed by atoms with Crippen molar-refractivity contribution in [2.24, 2.45) is 0 Å². The number of anilines is 1. The van der Waals surface area contributed by atoms with E-state index in [9.17, 15) is 4.79 Å². The van der Waals surface area contributed by atoms with Gasteiger partial charge < -0.3 is 10.1 Å². The summed E-state index contributed by atoms with van der Waals surface area (Å²) in [6.07, 6.45) is 4.06. The topological polar surface area (TPSA) is 38.3 Å². The van der Waals surface area contributed by atoms with Crippen molar-refractivity contribution in [2.45, 2.75) is 19.8 Å². The van der Waals surface area contributed by atoms with Gasteiger partial charge in [0.15, 0.2) is 0 Å². The molecule has 0 aliphatic carbocycles. The number of amides is 1. The monoisotopic (exact) mass is 449 g/mol. The Morgan fingerprint density at radius 3 is 2.62 bits per heavy atom. The number of hydrogen-bond acceptors (Lipinski definition) is 2. The van der Waals surface area contributed by atoms with Crippen molar-refractivity contribution < 1.29 is 9.53 Å². The molecule has 0 radical (unpaired) electrons. The summed E-state index contributed by atoms with van der Waals surface area (Å²) in [5.74, 6) is 0.763. The first-order valence-electron chi connectivity index (χ1n) is 7.84. The largest absolute Gasteiger partial charge is 0.494 e. The van der Waals surface area contributed by atoms with Crippen LogP contribution in [0.1, 0.15) is 30.9 Å². The first-order chi connectivity index (χ1) is 11.6. The molecule has 0 aromatic heterocycles. The number of halogens is 2. The molecule has 0 atom stereocenters. The lowest BCUT2D eigenvalue weighted by atomic mass is 10.0. The molecule has 1 N–H and O–H groups in total. The third kappa shape index (κ3) is 3.73. The van der Waals surface area contributed by atoms with E-state index in [-0.39, 0.29) is 5.91 Å². The number of fused-ring (bicyclic) bond motifs is 1. The summed E-state index contributed by atoms with van der Waals surface area (Å²) >= 11 is 6.96. The van der Waals surface area contributed by atoms with Gasteiger partial charge in [-0.2, -0.15) is 0 Å². The smallest absolute Gasteiger partial charge is 0.256 e. The van der Waals surface area contributed by atoms with E-state index < -0.39 is 0 Å². The number of carbonyl (C=O) groups excluding carboxylic acids is 1. The van der Waals surface area contributed by atoms with Crippen LogP contribution in [0.3, 0.4) is 0 Å². The molecule has 1 heterocycles. The number of rotatable bonds is 5. The number of ether oxygens (including phenoxy) is 1. The molecule has 0 unspecified atom stereocenters. The van der Waals surface area contributed by atoms with Crippen LogP contribution in [-0.2, 0) is 4.79 Å². The lowest BCUT2D eigenvalue weighted by Crippen LogP contribution is -2.03. The lowest BCUT2D eigenvalue weighted by Gasteiger charge is -2.05. The Morgan fingerprint density at radius 2 is 1.92 bits per heavy atom. The van der Waals surface area contributed by atoms with E-state index in [4.69, 9.17) is 4.74 Å². The van der Waals surface area contributed by atoms with Crippen LogP contribution in [0.2, 0.25) is 0 Å². The molecule has 0 saturated carbocycles. The molecular formula is C19H17Br2NO2. The van der Waals surface area contributed by atoms with E-state index in [2.05, 4.69) is 44.1 Å². The van der Waals surface area contributed by atoms with Gasteiger partial charge in [-0.25, -0.2) is 0 Å². The van der Waals surface area contributed by atoms with Gasteiger partial charge in [-0.1, -0.05) is 41.4 Å². The quantitative estimate of drug-likeness (QED) is 0.456. The Hall–Kier alpha value is -1.59.